The Morgan fingerprint density at radius 2 is 1.74 bits per heavy atom. The molecule has 0 saturated heterocycles. The average molecular weight is 531 g/mol. The molecule has 0 aliphatic heterocycles. The number of carbonyl (C=O) groups excluding carboxylic acids is 2. The molecule has 1 aromatic heterocycles. The fourth-order valence-corrected chi connectivity index (χ4v) is 3.33. The molecule has 0 atom stereocenters. The maximum absolute atomic E-state index is 13.2. The van der Waals surface area contributed by atoms with Gasteiger partial charge in [0.25, 0.3) is 5.91 Å². The summed E-state index contributed by atoms with van der Waals surface area (Å²) in [5.74, 6) is 0.360. The van der Waals surface area contributed by atoms with Crippen molar-refractivity contribution >= 4 is 17.5 Å². The fraction of sp³-hybridized carbons (Fsp3) is 0.296. The standard InChI is InChI=1S/C27H29F3N4O4/c1-31-26(36)23-17-21(12-13-32-23)38-20-8-4-18(5-9-20)6-11-25(35)33-22-16-19(27(28,29)30)7-10-24(22)37-15-14-34(2)3/h4-5,7-10,12-13,16-17H,6,11,14-15H2,1-3H3,(H,31,36)(H,33,35). The minimum absolute atomic E-state index is 0.0270. The van der Waals surface area contributed by atoms with E-state index in [1.165, 1.54) is 25.4 Å². The van der Waals surface area contributed by atoms with Crippen LogP contribution in [-0.4, -0.2) is 56.0 Å². The molecule has 1 heterocycles. The summed E-state index contributed by atoms with van der Waals surface area (Å²) in [5, 5.41) is 5.05. The maximum Gasteiger partial charge on any atom is 0.416 e. The van der Waals surface area contributed by atoms with E-state index in [9.17, 15) is 22.8 Å². The van der Waals surface area contributed by atoms with Gasteiger partial charge in [-0.05, 0) is 62.5 Å². The quantitative estimate of drug-likeness (QED) is 0.371. The van der Waals surface area contributed by atoms with E-state index in [0.717, 1.165) is 17.7 Å². The van der Waals surface area contributed by atoms with Crippen LogP contribution in [0.25, 0.3) is 0 Å². The number of ether oxygens (including phenoxy) is 2. The Morgan fingerprint density at radius 3 is 2.39 bits per heavy atom. The van der Waals surface area contributed by atoms with Crippen molar-refractivity contribution in [3.8, 4) is 17.2 Å². The molecule has 38 heavy (non-hydrogen) atoms. The number of benzene rings is 2. The van der Waals surface area contributed by atoms with Crippen LogP contribution in [0.1, 0.15) is 28.0 Å². The van der Waals surface area contributed by atoms with Crippen molar-refractivity contribution in [2.45, 2.75) is 19.0 Å². The molecule has 0 bridgehead atoms. The molecule has 2 aromatic carbocycles. The molecule has 202 valence electrons. The average Bonchev–Trinajstić information content (AvgIpc) is 2.88. The zero-order valence-corrected chi connectivity index (χ0v) is 21.3. The number of aromatic nitrogens is 1. The molecule has 2 amide bonds. The summed E-state index contributed by atoms with van der Waals surface area (Å²) in [6, 6.07) is 13.2. The summed E-state index contributed by atoms with van der Waals surface area (Å²) in [5.41, 5.74) is 0.153. The number of carbonyl (C=O) groups is 2. The molecule has 0 fully saturated rings. The number of likely N-dealkylation sites (N-methyl/N-ethyl adjacent to an activating group) is 1. The van der Waals surface area contributed by atoms with E-state index in [4.69, 9.17) is 9.47 Å². The molecule has 0 saturated carbocycles. The number of amides is 2. The van der Waals surface area contributed by atoms with Crippen molar-refractivity contribution in [2.75, 3.05) is 39.6 Å². The highest BCUT2D eigenvalue weighted by Crippen LogP contribution is 2.35. The summed E-state index contributed by atoms with van der Waals surface area (Å²) < 4.78 is 51.0. The predicted molar refractivity (Wildman–Crippen MR) is 137 cm³/mol. The van der Waals surface area contributed by atoms with Crippen LogP contribution in [0, 0.1) is 0 Å². The van der Waals surface area contributed by atoms with Crippen LogP contribution in [0.4, 0.5) is 18.9 Å². The van der Waals surface area contributed by atoms with Crippen LogP contribution < -0.4 is 20.1 Å². The molecular formula is C27H29F3N4O4. The van der Waals surface area contributed by atoms with Gasteiger partial charge in [-0.25, -0.2) is 0 Å². The van der Waals surface area contributed by atoms with Gasteiger partial charge in [-0.3, -0.25) is 14.6 Å². The van der Waals surface area contributed by atoms with E-state index in [0.29, 0.717) is 24.5 Å². The number of alkyl halides is 3. The maximum atomic E-state index is 13.2. The second-order valence-electron chi connectivity index (χ2n) is 8.61. The third-order valence-electron chi connectivity index (χ3n) is 5.37. The van der Waals surface area contributed by atoms with Crippen LogP contribution in [0.2, 0.25) is 0 Å². The summed E-state index contributed by atoms with van der Waals surface area (Å²) in [7, 11) is 5.20. The Balaban J connectivity index is 1.60. The predicted octanol–water partition coefficient (Wildman–Crippen LogP) is 4.76. The Morgan fingerprint density at radius 1 is 1.00 bits per heavy atom. The van der Waals surface area contributed by atoms with Gasteiger partial charge in [0.15, 0.2) is 0 Å². The van der Waals surface area contributed by atoms with Gasteiger partial charge in [-0.15, -0.1) is 0 Å². The molecule has 0 aliphatic carbocycles. The van der Waals surface area contributed by atoms with Crippen LogP contribution in [0.15, 0.2) is 60.8 Å². The number of hydrogen-bond donors (Lipinski definition) is 2. The topological polar surface area (TPSA) is 92.8 Å². The second kappa shape index (κ2) is 12.9. The largest absolute Gasteiger partial charge is 0.490 e. The number of aryl methyl sites for hydroxylation is 1. The van der Waals surface area contributed by atoms with E-state index in [2.05, 4.69) is 15.6 Å². The van der Waals surface area contributed by atoms with E-state index in [1.807, 2.05) is 19.0 Å². The first-order valence-electron chi connectivity index (χ1n) is 11.8. The van der Waals surface area contributed by atoms with Gasteiger partial charge < -0.3 is 25.0 Å². The van der Waals surface area contributed by atoms with Crippen molar-refractivity contribution in [3.05, 3.63) is 77.6 Å². The van der Waals surface area contributed by atoms with Gasteiger partial charge in [-0.1, -0.05) is 12.1 Å². The normalized spacial score (nSPS) is 11.2. The number of hydrogen-bond acceptors (Lipinski definition) is 6. The smallest absolute Gasteiger partial charge is 0.416 e. The van der Waals surface area contributed by atoms with E-state index in [1.54, 1.807) is 30.3 Å². The SMILES string of the molecule is CNC(=O)c1cc(Oc2ccc(CCC(=O)Nc3cc(C(F)(F)F)ccc3OCCN(C)C)cc2)ccn1. The minimum Gasteiger partial charge on any atom is -0.490 e. The molecule has 0 spiro atoms. The number of anilines is 1. The van der Waals surface area contributed by atoms with Crippen molar-refractivity contribution in [3.63, 3.8) is 0 Å². The lowest BCUT2D eigenvalue weighted by atomic mass is 10.1. The van der Waals surface area contributed by atoms with Gasteiger partial charge in [0.2, 0.25) is 5.91 Å². The van der Waals surface area contributed by atoms with Gasteiger partial charge in [0.1, 0.15) is 29.5 Å². The number of nitrogens with one attached hydrogen (secondary N) is 2. The van der Waals surface area contributed by atoms with E-state index >= 15 is 0 Å². The van der Waals surface area contributed by atoms with Gasteiger partial charge >= 0.3 is 6.18 Å². The zero-order valence-electron chi connectivity index (χ0n) is 21.3. The highest BCUT2D eigenvalue weighted by atomic mass is 19.4. The second-order valence-corrected chi connectivity index (χ2v) is 8.61. The van der Waals surface area contributed by atoms with Crippen LogP contribution in [-0.2, 0) is 17.4 Å². The van der Waals surface area contributed by atoms with E-state index < -0.39 is 17.6 Å². The lowest BCUT2D eigenvalue weighted by molar-refractivity contribution is -0.137. The van der Waals surface area contributed by atoms with E-state index in [-0.39, 0.29) is 36.1 Å². The number of pyridine rings is 1. The Bertz CT molecular complexity index is 1250. The molecule has 3 rings (SSSR count). The number of halogens is 3. The van der Waals surface area contributed by atoms with Crippen LogP contribution in [0.5, 0.6) is 17.2 Å². The van der Waals surface area contributed by atoms with Gasteiger partial charge in [0, 0.05) is 32.3 Å². The monoisotopic (exact) mass is 530 g/mol. The zero-order chi connectivity index (χ0) is 27.7. The first kappa shape index (κ1) is 28.5. The lowest BCUT2D eigenvalue weighted by Crippen LogP contribution is -2.20. The van der Waals surface area contributed by atoms with Crippen molar-refractivity contribution in [2.24, 2.45) is 0 Å². The minimum atomic E-state index is -4.55. The summed E-state index contributed by atoms with van der Waals surface area (Å²) in [4.78, 5) is 30.2. The number of nitrogens with zero attached hydrogens (tertiary/aromatic N) is 2. The Hall–Kier alpha value is -4.12. The van der Waals surface area contributed by atoms with Crippen molar-refractivity contribution < 1.29 is 32.2 Å². The third kappa shape index (κ3) is 8.48. The highest BCUT2D eigenvalue weighted by molar-refractivity contribution is 5.93. The molecule has 0 unspecified atom stereocenters. The molecule has 11 heteroatoms. The molecule has 8 nitrogen and oxygen atoms in total. The molecular weight excluding hydrogens is 501 g/mol. The van der Waals surface area contributed by atoms with Gasteiger partial charge in [0.05, 0.1) is 11.3 Å². The fourth-order valence-electron chi connectivity index (χ4n) is 3.33. The molecule has 0 radical (unpaired) electrons. The summed E-state index contributed by atoms with van der Waals surface area (Å²) in [6.45, 7) is 0.812. The van der Waals surface area contributed by atoms with Crippen molar-refractivity contribution in [1.82, 2.24) is 15.2 Å². The molecule has 3 aromatic rings. The highest BCUT2D eigenvalue weighted by Gasteiger charge is 2.31. The summed E-state index contributed by atoms with van der Waals surface area (Å²) >= 11 is 0. The molecule has 2 N–H and O–H groups in total. The summed E-state index contributed by atoms with van der Waals surface area (Å²) in [6.07, 6.45) is -2.67. The van der Waals surface area contributed by atoms with Crippen molar-refractivity contribution in [1.29, 1.82) is 0 Å². The third-order valence-corrected chi connectivity index (χ3v) is 5.37. The first-order chi connectivity index (χ1) is 18.0. The lowest BCUT2D eigenvalue weighted by Gasteiger charge is -2.16. The number of rotatable bonds is 11. The Labute approximate surface area is 218 Å². The van der Waals surface area contributed by atoms with Gasteiger partial charge in [-0.2, -0.15) is 13.2 Å². The Kier molecular flexibility index (Phi) is 9.66. The first-order valence-corrected chi connectivity index (χ1v) is 11.8. The van der Waals surface area contributed by atoms with Crippen LogP contribution >= 0.6 is 0 Å². The van der Waals surface area contributed by atoms with Crippen LogP contribution in [0.3, 0.4) is 0 Å². The molecule has 0 aliphatic rings.